The second-order valence-electron chi connectivity index (χ2n) is 2.87. The standard InChI is InChI=1S/C8H16NO2/c10-6-1-3-9-4-2-7-11-8-5-9/h1-8H2. The van der Waals surface area contributed by atoms with Crippen LogP contribution in [-0.4, -0.2) is 44.4 Å². The van der Waals surface area contributed by atoms with Crippen LogP contribution in [0.25, 0.3) is 0 Å². The summed E-state index contributed by atoms with van der Waals surface area (Å²) >= 11 is 0. The van der Waals surface area contributed by atoms with E-state index in [0.717, 1.165) is 45.7 Å². The number of hydrogen-bond donors (Lipinski definition) is 0. The first-order chi connectivity index (χ1) is 5.43. The third kappa shape index (κ3) is 3.70. The van der Waals surface area contributed by atoms with Gasteiger partial charge in [0.1, 0.15) is 0 Å². The molecule has 0 saturated carbocycles. The van der Waals surface area contributed by atoms with Gasteiger partial charge in [-0.3, -0.25) is 0 Å². The second kappa shape index (κ2) is 5.52. The summed E-state index contributed by atoms with van der Waals surface area (Å²) in [7, 11) is 0. The molecule has 0 amide bonds. The summed E-state index contributed by atoms with van der Waals surface area (Å²) in [4.78, 5) is 2.31. The van der Waals surface area contributed by atoms with E-state index in [9.17, 15) is 5.11 Å². The fraction of sp³-hybridized carbons (Fsp3) is 1.00. The fourth-order valence-corrected chi connectivity index (χ4v) is 1.31. The molecule has 1 rings (SSSR count). The lowest BCUT2D eigenvalue weighted by Crippen LogP contribution is -2.27. The largest absolute Gasteiger partial charge is 0.380 e. The van der Waals surface area contributed by atoms with Crippen molar-refractivity contribution in [2.24, 2.45) is 0 Å². The molecule has 65 valence electrons. The average molecular weight is 158 g/mol. The van der Waals surface area contributed by atoms with Crippen molar-refractivity contribution in [2.75, 3.05) is 39.5 Å². The number of ether oxygens (including phenoxy) is 1. The summed E-state index contributed by atoms with van der Waals surface area (Å²) in [6, 6.07) is 0. The lowest BCUT2D eigenvalue weighted by Gasteiger charge is -2.17. The van der Waals surface area contributed by atoms with Crippen molar-refractivity contribution in [1.82, 2.24) is 4.90 Å². The molecular formula is C8H16NO2. The third-order valence-electron chi connectivity index (χ3n) is 1.93. The van der Waals surface area contributed by atoms with Crippen molar-refractivity contribution in [3.8, 4) is 0 Å². The van der Waals surface area contributed by atoms with E-state index in [0.29, 0.717) is 0 Å². The van der Waals surface area contributed by atoms with Crippen molar-refractivity contribution in [2.45, 2.75) is 12.8 Å². The highest BCUT2D eigenvalue weighted by Crippen LogP contribution is 1.99. The molecule has 0 unspecified atom stereocenters. The van der Waals surface area contributed by atoms with E-state index < -0.39 is 0 Å². The minimum Gasteiger partial charge on any atom is -0.380 e. The maximum Gasteiger partial charge on any atom is 0.0834 e. The Labute approximate surface area is 68.0 Å². The van der Waals surface area contributed by atoms with Crippen molar-refractivity contribution in [1.29, 1.82) is 0 Å². The van der Waals surface area contributed by atoms with E-state index in [2.05, 4.69) is 4.90 Å². The highest BCUT2D eigenvalue weighted by Gasteiger charge is 2.07. The van der Waals surface area contributed by atoms with Crippen LogP contribution < -0.4 is 0 Å². The Balaban J connectivity index is 2.09. The van der Waals surface area contributed by atoms with Crippen LogP contribution in [0.15, 0.2) is 0 Å². The average Bonchev–Trinajstić information content (AvgIpc) is 2.28. The second-order valence-corrected chi connectivity index (χ2v) is 2.87. The number of nitrogens with zero attached hydrogens (tertiary/aromatic N) is 1. The van der Waals surface area contributed by atoms with Crippen molar-refractivity contribution in [3.05, 3.63) is 0 Å². The Bertz CT molecular complexity index is 90.1. The first kappa shape index (κ1) is 8.97. The molecule has 1 aliphatic heterocycles. The molecule has 1 aliphatic rings. The molecule has 1 saturated heterocycles. The van der Waals surface area contributed by atoms with Gasteiger partial charge in [-0.25, -0.2) is 5.11 Å². The Morgan fingerprint density at radius 3 is 3.00 bits per heavy atom. The lowest BCUT2D eigenvalue weighted by atomic mass is 10.3. The summed E-state index contributed by atoms with van der Waals surface area (Å²) in [5.41, 5.74) is 0. The molecule has 1 heterocycles. The monoisotopic (exact) mass is 158 g/mol. The highest BCUT2D eigenvalue weighted by molar-refractivity contribution is 4.60. The summed E-state index contributed by atoms with van der Waals surface area (Å²) < 4.78 is 5.28. The normalized spacial score (nSPS) is 21.5. The van der Waals surface area contributed by atoms with Gasteiger partial charge in [0.2, 0.25) is 0 Å². The lowest BCUT2D eigenvalue weighted by molar-refractivity contribution is 0.135. The van der Waals surface area contributed by atoms with Crippen molar-refractivity contribution in [3.63, 3.8) is 0 Å². The van der Waals surface area contributed by atoms with Gasteiger partial charge in [-0.2, -0.15) is 0 Å². The molecule has 0 aromatic carbocycles. The summed E-state index contributed by atoms with van der Waals surface area (Å²) in [5, 5.41) is 10.2. The van der Waals surface area contributed by atoms with Gasteiger partial charge < -0.3 is 9.64 Å². The minimum atomic E-state index is 0.0529. The SMILES string of the molecule is [O]CCCN1CCCOCC1. The maximum atomic E-state index is 10.2. The zero-order valence-electron chi connectivity index (χ0n) is 6.92. The Morgan fingerprint density at radius 1 is 1.27 bits per heavy atom. The molecule has 0 spiro atoms. The molecule has 0 bridgehead atoms. The topological polar surface area (TPSA) is 32.4 Å². The molecule has 3 nitrogen and oxygen atoms in total. The quantitative estimate of drug-likeness (QED) is 0.600. The Morgan fingerprint density at radius 2 is 2.18 bits per heavy atom. The molecule has 11 heavy (non-hydrogen) atoms. The van der Waals surface area contributed by atoms with Gasteiger partial charge in [-0.15, -0.1) is 0 Å². The first-order valence-electron chi connectivity index (χ1n) is 4.31. The summed E-state index contributed by atoms with van der Waals surface area (Å²) in [6.07, 6.45) is 1.89. The van der Waals surface area contributed by atoms with Crippen LogP contribution in [-0.2, 0) is 9.84 Å². The molecular weight excluding hydrogens is 142 g/mol. The van der Waals surface area contributed by atoms with E-state index in [-0.39, 0.29) is 6.61 Å². The van der Waals surface area contributed by atoms with Crippen LogP contribution >= 0.6 is 0 Å². The van der Waals surface area contributed by atoms with Gasteiger partial charge in [0.05, 0.1) is 13.2 Å². The predicted molar refractivity (Wildman–Crippen MR) is 42.0 cm³/mol. The van der Waals surface area contributed by atoms with E-state index in [1.807, 2.05) is 0 Å². The molecule has 1 fully saturated rings. The highest BCUT2D eigenvalue weighted by atomic mass is 16.5. The number of hydrogen-bond acceptors (Lipinski definition) is 2. The van der Waals surface area contributed by atoms with Crippen LogP contribution in [0, 0.1) is 0 Å². The Kier molecular flexibility index (Phi) is 4.50. The van der Waals surface area contributed by atoms with E-state index in [1.165, 1.54) is 0 Å². The zero-order valence-corrected chi connectivity index (χ0v) is 6.92. The van der Waals surface area contributed by atoms with Crippen LogP contribution in [0.3, 0.4) is 0 Å². The van der Waals surface area contributed by atoms with Gasteiger partial charge in [0.25, 0.3) is 0 Å². The van der Waals surface area contributed by atoms with Gasteiger partial charge in [0.15, 0.2) is 0 Å². The summed E-state index contributed by atoms with van der Waals surface area (Å²) in [6.45, 7) is 4.82. The van der Waals surface area contributed by atoms with Crippen LogP contribution in [0.1, 0.15) is 12.8 Å². The van der Waals surface area contributed by atoms with E-state index in [4.69, 9.17) is 4.74 Å². The fourth-order valence-electron chi connectivity index (χ4n) is 1.31. The predicted octanol–water partition coefficient (Wildman–Crippen LogP) is 0.529. The molecule has 0 aromatic heterocycles. The van der Waals surface area contributed by atoms with Crippen LogP contribution in [0.4, 0.5) is 0 Å². The molecule has 0 atom stereocenters. The summed E-state index contributed by atoms with van der Waals surface area (Å²) in [5.74, 6) is 0. The van der Waals surface area contributed by atoms with E-state index in [1.54, 1.807) is 0 Å². The van der Waals surface area contributed by atoms with Crippen LogP contribution in [0.5, 0.6) is 0 Å². The van der Waals surface area contributed by atoms with Crippen molar-refractivity contribution < 1.29 is 9.84 Å². The molecule has 0 N–H and O–H groups in total. The zero-order chi connectivity index (χ0) is 7.94. The first-order valence-corrected chi connectivity index (χ1v) is 4.31. The van der Waals surface area contributed by atoms with E-state index >= 15 is 0 Å². The van der Waals surface area contributed by atoms with Gasteiger partial charge >= 0.3 is 0 Å². The molecule has 3 heteroatoms. The Hall–Kier alpha value is -0.120. The number of rotatable bonds is 3. The van der Waals surface area contributed by atoms with Gasteiger partial charge in [0, 0.05) is 26.2 Å². The van der Waals surface area contributed by atoms with Crippen molar-refractivity contribution >= 4 is 0 Å². The molecule has 0 aromatic rings. The minimum absolute atomic E-state index is 0.0529. The van der Waals surface area contributed by atoms with Gasteiger partial charge in [-0.1, -0.05) is 0 Å². The van der Waals surface area contributed by atoms with Crippen LogP contribution in [0.2, 0.25) is 0 Å². The maximum absolute atomic E-state index is 10.2. The molecule has 0 aliphatic carbocycles. The smallest absolute Gasteiger partial charge is 0.0834 e. The van der Waals surface area contributed by atoms with Gasteiger partial charge in [-0.05, 0) is 12.8 Å². The third-order valence-corrected chi connectivity index (χ3v) is 1.93. The molecule has 1 radical (unpaired) electrons.